The van der Waals surface area contributed by atoms with Gasteiger partial charge in [0.2, 0.25) is 21.8 Å². The summed E-state index contributed by atoms with van der Waals surface area (Å²) >= 11 is 12.4. The van der Waals surface area contributed by atoms with Gasteiger partial charge in [0.15, 0.2) is 0 Å². The van der Waals surface area contributed by atoms with Gasteiger partial charge in [-0.2, -0.15) is 0 Å². The number of amides is 2. The molecule has 0 aliphatic carbocycles. The molecule has 1 N–H and O–H groups in total. The summed E-state index contributed by atoms with van der Waals surface area (Å²) in [7, 11) is -4.01. The molecular formula is C29H32Cl2FN3O4S. The maximum atomic E-state index is 14.0. The Morgan fingerprint density at radius 1 is 0.950 bits per heavy atom. The van der Waals surface area contributed by atoms with E-state index in [0.717, 1.165) is 28.3 Å². The number of rotatable bonds is 10. The Morgan fingerprint density at radius 3 is 2.15 bits per heavy atom. The molecule has 0 fully saturated rings. The lowest BCUT2D eigenvalue weighted by molar-refractivity contribution is -0.140. The van der Waals surface area contributed by atoms with Crippen LogP contribution >= 0.6 is 23.2 Å². The molecule has 40 heavy (non-hydrogen) atoms. The molecule has 0 spiro atoms. The van der Waals surface area contributed by atoms with E-state index >= 15 is 0 Å². The minimum atomic E-state index is -4.01. The highest BCUT2D eigenvalue weighted by atomic mass is 35.5. The number of carbonyl (C=O) groups is 2. The van der Waals surface area contributed by atoms with Gasteiger partial charge in [-0.05, 0) is 56.2 Å². The highest BCUT2D eigenvalue weighted by molar-refractivity contribution is 7.92. The smallest absolute Gasteiger partial charge is 0.244 e. The zero-order chi connectivity index (χ0) is 29.7. The summed E-state index contributed by atoms with van der Waals surface area (Å²) in [4.78, 5) is 29.1. The van der Waals surface area contributed by atoms with Crippen molar-refractivity contribution < 1.29 is 22.4 Å². The van der Waals surface area contributed by atoms with Crippen LogP contribution in [0.2, 0.25) is 10.0 Å². The quantitative estimate of drug-likeness (QED) is 0.332. The van der Waals surface area contributed by atoms with Crippen LogP contribution in [-0.4, -0.2) is 49.5 Å². The highest BCUT2D eigenvalue weighted by Gasteiger charge is 2.34. The Hall–Kier alpha value is -3.14. The highest BCUT2D eigenvalue weighted by Crippen LogP contribution is 2.26. The SMILES string of the molecule is CC(C)(C)NC(=O)[C@H](Cc1ccccc1)N(Cc1ccccc1Cl)C(=O)CN(c1ccc(F)c(Cl)c1)S(C)(=O)=O. The van der Waals surface area contributed by atoms with E-state index in [1.54, 1.807) is 24.3 Å². The van der Waals surface area contributed by atoms with Crippen molar-refractivity contribution in [2.75, 3.05) is 17.1 Å². The van der Waals surface area contributed by atoms with Crippen LogP contribution in [-0.2, 0) is 32.6 Å². The maximum absolute atomic E-state index is 14.0. The van der Waals surface area contributed by atoms with Crippen molar-refractivity contribution in [2.45, 2.75) is 45.3 Å². The second kappa shape index (κ2) is 13.0. The van der Waals surface area contributed by atoms with Gasteiger partial charge in [-0.25, -0.2) is 12.8 Å². The largest absolute Gasteiger partial charge is 0.350 e. The van der Waals surface area contributed by atoms with Gasteiger partial charge < -0.3 is 10.2 Å². The second-order valence-electron chi connectivity index (χ2n) is 10.4. The van der Waals surface area contributed by atoms with E-state index in [4.69, 9.17) is 23.2 Å². The molecule has 0 saturated carbocycles. The summed E-state index contributed by atoms with van der Waals surface area (Å²) in [5, 5.41) is 3.04. The zero-order valence-corrected chi connectivity index (χ0v) is 25.0. The Bertz CT molecular complexity index is 1460. The third kappa shape index (κ3) is 8.68. The molecule has 3 rings (SSSR count). The van der Waals surface area contributed by atoms with Crippen molar-refractivity contribution in [3.8, 4) is 0 Å². The molecule has 0 heterocycles. The number of hydrogen-bond donors (Lipinski definition) is 1. The van der Waals surface area contributed by atoms with Crippen LogP contribution in [0.15, 0.2) is 72.8 Å². The standard InChI is InChI=1S/C29H32Cl2FN3O4S/c1-29(2,3)33-28(37)26(16-20-10-6-5-7-11-20)34(18-21-12-8-9-13-23(21)30)27(36)19-35(40(4,38)39)22-14-15-25(32)24(31)17-22/h5-15,17,26H,16,18-19H2,1-4H3,(H,33,37)/t26-/m0/s1. The van der Waals surface area contributed by atoms with Gasteiger partial charge in [0.25, 0.3) is 0 Å². The predicted octanol–water partition coefficient (Wildman–Crippen LogP) is 5.45. The summed E-state index contributed by atoms with van der Waals surface area (Å²) in [5.41, 5.74) is 0.793. The van der Waals surface area contributed by atoms with Crippen LogP contribution in [0.25, 0.3) is 0 Å². The minimum Gasteiger partial charge on any atom is -0.350 e. The number of halogens is 3. The minimum absolute atomic E-state index is 0.0127. The van der Waals surface area contributed by atoms with E-state index in [9.17, 15) is 22.4 Å². The average molecular weight is 609 g/mol. The van der Waals surface area contributed by atoms with Gasteiger partial charge in [0.05, 0.1) is 17.0 Å². The first-order valence-corrected chi connectivity index (χ1v) is 15.1. The summed E-state index contributed by atoms with van der Waals surface area (Å²) in [6.07, 6.45) is 1.10. The second-order valence-corrected chi connectivity index (χ2v) is 13.1. The number of benzene rings is 3. The maximum Gasteiger partial charge on any atom is 0.244 e. The zero-order valence-electron chi connectivity index (χ0n) is 22.7. The van der Waals surface area contributed by atoms with Crippen LogP contribution in [0.4, 0.5) is 10.1 Å². The number of anilines is 1. The lowest BCUT2D eigenvalue weighted by Crippen LogP contribution is -2.56. The van der Waals surface area contributed by atoms with Crippen LogP contribution in [0.1, 0.15) is 31.9 Å². The Kier molecular flexibility index (Phi) is 10.2. The molecule has 0 aliphatic rings. The number of sulfonamides is 1. The molecule has 2 amide bonds. The molecule has 1 atom stereocenters. The molecule has 0 aliphatic heterocycles. The molecule has 0 unspecified atom stereocenters. The van der Waals surface area contributed by atoms with Crippen molar-refractivity contribution in [3.05, 3.63) is 99.8 Å². The summed E-state index contributed by atoms with van der Waals surface area (Å²) in [6, 6.07) is 18.5. The first kappa shape index (κ1) is 31.4. The number of hydrogen-bond acceptors (Lipinski definition) is 4. The summed E-state index contributed by atoms with van der Waals surface area (Å²) < 4.78 is 40.3. The first-order valence-electron chi connectivity index (χ1n) is 12.5. The van der Waals surface area contributed by atoms with Crippen LogP contribution in [0.5, 0.6) is 0 Å². The van der Waals surface area contributed by atoms with Crippen LogP contribution in [0, 0.1) is 5.82 Å². The molecule has 7 nitrogen and oxygen atoms in total. The van der Waals surface area contributed by atoms with Gasteiger partial charge in [-0.1, -0.05) is 71.7 Å². The molecule has 0 radical (unpaired) electrons. The molecule has 3 aromatic carbocycles. The van der Waals surface area contributed by atoms with Crippen LogP contribution < -0.4 is 9.62 Å². The van der Waals surface area contributed by atoms with E-state index in [-0.39, 0.29) is 23.7 Å². The normalized spacial score (nSPS) is 12.5. The molecule has 0 aromatic heterocycles. The van der Waals surface area contributed by atoms with Crippen molar-refractivity contribution in [1.82, 2.24) is 10.2 Å². The number of nitrogens with zero attached hydrogens (tertiary/aromatic N) is 2. The number of nitrogens with one attached hydrogen (secondary N) is 1. The Labute approximate surface area is 244 Å². The molecule has 214 valence electrons. The van der Waals surface area contributed by atoms with Gasteiger partial charge in [-0.15, -0.1) is 0 Å². The van der Waals surface area contributed by atoms with Gasteiger partial charge >= 0.3 is 0 Å². The summed E-state index contributed by atoms with van der Waals surface area (Å²) in [5.74, 6) is -1.80. The Balaban J connectivity index is 2.10. The number of carbonyl (C=O) groups excluding carboxylic acids is 2. The first-order chi connectivity index (χ1) is 18.7. The van der Waals surface area contributed by atoms with Gasteiger partial charge in [0.1, 0.15) is 18.4 Å². The average Bonchev–Trinajstić information content (AvgIpc) is 2.86. The fourth-order valence-corrected chi connectivity index (χ4v) is 5.28. The third-order valence-corrected chi connectivity index (χ3v) is 7.74. The summed E-state index contributed by atoms with van der Waals surface area (Å²) in [6.45, 7) is 4.77. The lowest BCUT2D eigenvalue weighted by Gasteiger charge is -2.35. The van der Waals surface area contributed by atoms with Gasteiger partial charge in [-0.3, -0.25) is 13.9 Å². The van der Waals surface area contributed by atoms with E-state index in [1.807, 2.05) is 51.1 Å². The fraction of sp³-hybridized carbons (Fsp3) is 0.310. The van der Waals surface area contributed by atoms with Crippen LogP contribution in [0.3, 0.4) is 0 Å². The van der Waals surface area contributed by atoms with E-state index in [0.29, 0.717) is 10.6 Å². The van der Waals surface area contributed by atoms with E-state index < -0.39 is 45.8 Å². The van der Waals surface area contributed by atoms with Crippen molar-refractivity contribution in [2.24, 2.45) is 0 Å². The van der Waals surface area contributed by atoms with Gasteiger partial charge in [0, 0.05) is 23.5 Å². The van der Waals surface area contributed by atoms with E-state index in [2.05, 4.69) is 5.32 Å². The molecule has 3 aromatic rings. The molecular weight excluding hydrogens is 576 g/mol. The molecule has 0 saturated heterocycles. The fourth-order valence-electron chi connectivity index (χ4n) is 4.07. The molecule has 0 bridgehead atoms. The topological polar surface area (TPSA) is 86.8 Å². The third-order valence-electron chi connectivity index (χ3n) is 5.94. The van der Waals surface area contributed by atoms with E-state index in [1.165, 1.54) is 11.0 Å². The molecule has 11 heteroatoms. The van der Waals surface area contributed by atoms with Crippen molar-refractivity contribution in [3.63, 3.8) is 0 Å². The lowest BCUT2D eigenvalue weighted by atomic mass is 10.0. The van der Waals surface area contributed by atoms with Crippen molar-refractivity contribution in [1.29, 1.82) is 0 Å². The Morgan fingerprint density at radius 2 is 1.57 bits per heavy atom. The van der Waals surface area contributed by atoms with Crippen molar-refractivity contribution >= 4 is 50.7 Å². The predicted molar refractivity (Wildman–Crippen MR) is 157 cm³/mol. The monoisotopic (exact) mass is 607 g/mol.